The molecule has 3 N–H and O–H groups in total. The van der Waals surface area contributed by atoms with Crippen LogP contribution in [0.2, 0.25) is 0 Å². The number of aryl methyl sites for hydroxylation is 1. The lowest BCUT2D eigenvalue weighted by Crippen LogP contribution is -2.39. The van der Waals surface area contributed by atoms with E-state index in [1.54, 1.807) is 0 Å². The number of benzene rings is 1. The highest BCUT2D eigenvalue weighted by atomic mass is 16.2. The van der Waals surface area contributed by atoms with Gasteiger partial charge in [-0.3, -0.25) is 4.79 Å². The van der Waals surface area contributed by atoms with Gasteiger partial charge >= 0.3 is 0 Å². The molecule has 18 heavy (non-hydrogen) atoms. The van der Waals surface area contributed by atoms with Gasteiger partial charge in [-0.2, -0.15) is 0 Å². The van der Waals surface area contributed by atoms with Gasteiger partial charge in [0.2, 0.25) is 5.91 Å². The lowest BCUT2D eigenvalue weighted by Gasteiger charge is -2.30. The Morgan fingerprint density at radius 3 is 2.94 bits per heavy atom. The number of carbonyl (C=O) groups excluding carboxylic acids is 1. The lowest BCUT2D eigenvalue weighted by atomic mass is 9.98. The number of anilines is 1. The first kappa shape index (κ1) is 13.1. The van der Waals surface area contributed by atoms with Gasteiger partial charge in [0.25, 0.3) is 0 Å². The topological polar surface area (TPSA) is 58.4 Å². The predicted octanol–water partition coefficient (Wildman–Crippen LogP) is 1.03. The Kier molecular flexibility index (Phi) is 4.33. The van der Waals surface area contributed by atoms with Gasteiger partial charge in [-0.1, -0.05) is 19.1 Å². The molecule has 2 rings (SSSR count). The van der Waals surface area contributed by atoms with Crippen molar-refractivity contribution in [2.24, 2.45) is 5.73 Å². The molecule has 1 aromatic rings. The second-order valence-electron chi connectivity index (χ2n) is 4.57. The van der Waals surface area contributed by atoms with Crippen LogP contribution in [0.5, 0.6) is 0 Å². The van der Waals surface area contributed by atoms with Crippen LogP contribution in [0.15, 0.2) is 18.2 Å². The predicted molar refractivity (Wildman–Crippen MR) is 73.6 cm³/mol. The normalized spacial score (nSPS) is 14.8. The van der Waals surface area contributed by atoms with Gasteiger partial charge in [0.15, 0.2) is 0 Å². The summed E-state index contributed by atoms with van der Waals surface area (Å²) in [6, 6.07) is 6.17. The number of nitrogens with one attached hydrogen (secondary N) is 1. The van der Waals surface area contributed by atoms with E-state index in [1.807, 2.05) is 17.0 Å². The number of hydrogen-bond acceptors (Lipinski definition) is 3. The smallest absolute Gasteiger partial charge is 0.227 e. The van der Waals surface area contributed by atoms with Crippen LogP contribution in [0, 0.1) is 0 Å². The molecule has 0 saturated heterocycles. The minimum Gasteiger partial charge on any atom is -0.326 e. The summed E-state index contributed by atoms with van der Waals surface area (Å²) >= 11 is 0. The van der Waals surface area contributed by atoms with Crippen LogP contribution >= 0.6 is 0 Å². The third-order valence-electron chi connectivity index (χ3n) is 3.34. The molecule has 0 spiro atoms. The molecule has 98 valence electrons. The summed E-state index contributed by atoms with van der Waals surface area (Å²) in [5, 5.41) is 3.26. The van der Waals surface area contributed by atoms with E-state index in [9.17, 15) is 4.79 Å². The van der Waals surface area contributed by atoms with Gasteiger partial charge in [-0.25, -0.2) is 0 Å². The number of fused-ring (bicyclic) bond motifs is 1. The maximum absolute atomic E-state index is 12.0. The van der Waals surface area contributed by atoms with E-state index >= 15 is 0 Å². The van der Waals surface area contributed by atoms with Crippen molar-refractivity contribution in [1.29, 1.82) is 0 Å². The van der Waals surface area contributed by atoms with Crippen LogP contribution in [-0.4, -0.2) is 25.5 Å². The highest BCUT2D eigenvalue weighted by Crippen LogP contribution is 2.28. The van der Waals surface area contributed by atoms with Gasteiger partial charge in [-0.05, 0) is 30.2 Å². The Bertz CT molecular complexity index is 431. The fourth-order valence-corrected chi connectivity index (χ4v) is 2.35. The van der Waals surface area contributed by atoms with Crippen LogP contribution in [-0.2, 0) is 17.8 Å². The number of hydrogen-bond donors (Lipinski definition) is 2. The van der Waals surface area contributed by atoms with Crippen molar-refractivity contribution >= 4 is 11.6 Å². The molecule has 0 aromatic heterocycles. The van der Waals surface area contributed by atoms with Crippen LogP contribution in [0.25, 0.3) is 0 Å². The van der Waals surface area contributed by atoms with Gasteiger partial charge in [0.1, 0.15) is 0 Å². The number of likely N-dealkylation sites (N-methyl/N-ethyl adjacent to an activating group) is 1. The minimum atomic E-state index is 0.223. The Morgan fingerprint density at radius 1 is 1.39 bits per heavy atom. The fourth-order valence-electron chi connectivity index (χ4n) is 2.35. The molecule has 0 bridgehead atoms. The second kappa shape index (κ2) is 5.98. The zero-order valence-corrected chi connectivity index (χ0v) is 10.9. The minimum absolute atomic E-state index is 0.223. The van der Waals surface area contributed by atoms with Crippen molar-refractivity contribution in [2.45, 2.75) is 26.3 Å². The summed E-state index contributed by atoms with van der Waals surface area (Å²) in [4.78, 5) is 13.9. The maximum Gasteiger partial charge on any atom is 0.227 e. The SMILES string of the molecule is CCNCCN1C(=O)CCc2cc(CN)ccc21. The summed E-state index contributed by atoms with van der Waals surface area (Å²) in [6.07, 6.45) is 1.44. The van der Waals surface area contributed by atoms with Crippen LogP contribution < -0.4 is 16.0 Å². The summed E-state index contributed by atoms with van der Waals surface area (Å²) in [5.74, 6) is 0.223. The van der Waals surface area contributed by atoms with Gasteiger partial charge in [-0.15, -0.1) is 0 Å². The number of nitrogens with two attached hydrogens (primary N) is 1. The summed E-state index contributed by atoms with van der Waals surface area (Å²) < 4.78 is 0. The molecule has 1 aliphatic rings. The largest absolute Gasteiger partial charge is 0.326 e. The van der Waals surface area contributed by atoms with Crippen molar-refractivity contribution < 1.29 is 4.79 Å². The number of rotatable bonds is 5. The first-order chi connectivity index (χ1) is 8.76. The zero-order chi connectivity index (χ0) is 13.0. The van der Waals surface area contributed by atoms with E-state index in [0.29, 0.717) is 13.0 Å². The first-order valence-corrected chi connectivity index (χ1v) is 6.59. The molecule has 0 saturated carbocycles. The van der Waals surface area contributed by atoms with E-state index in [1.165, 1.54) is 5.56 Å². The molecule has 0 atom stereocenters. The Balaban J connectivity index is 2.18. The van der Waals surface area contributed by atoms with Crippen LogP contribution in [0.1, 0.15) is 24.5 Å². The van der Waals surface area contributed by atoms with E-state index in [-0.39, 0.29) is 5.91 Å². The molecular formula is C14H21N3O. The van der Waals surface area contributed by atoms with Gasteiger partial charge in [0.05, 0.1) is 0 Å². The van der Waals surface area contributed by atoms with Crippen molar-refractivity contribution in [1.82, 2.24) is 5.32 Å². The quantitative estimate of drug-likeness (QED) is 0.764. The van der Waals surface area contributed by atoms with E-state index in [0.717, 1.165) is 37.3 Å². The van der Waals surface area contributed by atoms with Gasteiger partial charge < -0.3 is 16.0 Å². The van der Waals surface area contributed by atoms with Crippen LogP contribution in [0.3, 0.4) is 0 Å². The number of carbonyl (C=O) groups is 1. The number of amides is 1. The van der Waals surface area contributed by atoms with Crippen molar-refractivity contribution in [3.05, 3.63) is 29.3 Å². The average molecular weight is 247 g/mol. The van der Waals surface area contributed by atoms with E-state index < -0.39 is 0 Å². The summed E-state index contributed by atoms with van der Waals surface area (Å²) in [7, 11) is 0. The monoisotopic (exact) mass is 247 g/mol. The highest BCUT2D eigenvalue weighted by Gasteiger charge is 2.23. The zero-order valence-electron chi connectivity index (χ0n) is 10.9. The molecule has 1 amide bonds. The molecule has 1 heterocycles. The molecule has 4 heteroatoms. The third-order valence-corrected chi connectivity index (χ3v) is 3.34. The maximum atomic E-state index is 12.0. The van der Waals surface area contributed by atoms with E-state index in [4.69, 9.17) is 5.73 Å². The van der Waals surface area contributed by atoms with Gasteiger partial charge in [0, 0.05) is 31.7 Å². The summed E-state index contributed by atoms with van der Waals surface area (Å²) in [5.41, 5.74) is 9.09. The number of nitrogens with zero attached hydrogens (tertiary/aromatic N) is 1. The molecule has 1 aromatic carbocycles. The fraction of sp³-hybridized carbons (Fsp3) is 0.500. The third kappa shape index (κ3) is 2.71. The Morgan fingerprint density at radius 2 is 2.22 bits per heavy atom. The van der Waals surface area contributed by atoms with Crippen LogP contribution in [0.4, 0.5) is 5.69 Å². The molecule has 0 unspecified atom stereocenters. The molecule has 1 aliphatic heterocycles. The molecule has 0 radical (unpaired) electrons. The van der Waals surface area contributed by atoms with Crippen molar-refractivity contribution in [3.63, 3.8) is 0 Å². The van der Waals surface area contributed by atoms with E-state index in [2.05, 4.69) is 18.3 Å². The first-order valence-electron chi connectivity index (χ1n) is 6.59. The lowest BCUT2D eigenvalue weighted by molar-refractivity contribution is -0.118. The second-order valence-corrected chi connectivity index (χ2v) is 4.57. The Labute approximate surface area is 108 Å². The molecule has 0 fully saturated rings. The van der Waals surface area contributed by atoms with Crippen molar-refractivity contribution in [3.8, 4) is 0 Å². The molecule has 4 nitrogen and oxygen atoms in total. The molecular weight excluding hydrogens is 226 g/mol. The van der Waals surface area contributed by atoms with Crippen molar-refractivity contribution in [2.75, 3.05) is 24.5 Å². The average Bonchev–Trinajstić information content (AvgIpc) is 2.41. The Hall–Kier alpha value is -1.39. The highest BCUT2D eigenvalue weighted by molar-refractivity contribution is 5.96. The summed E-state index contributed by atoms with van der Waals surface area (Å²) in [6.45, 7) is 5.13. The molecule has 0 aliphatic carbocycles. The standard InChI is InChI=1S/C14H21N3O/c1-2-16-7-8-17-13-5-3-11(10-15)9-12(13)4-6-14(17)18/h3,5,9,16H,2,4,6-8,10,15H2,1H3.